The molecule has 0 aliphatic rings. The highest BCUT2D eigenvalue weighted by Crippen LogP contribution is 2.23. The minimum atomic E-state index is -3.63. The Balaban J connectivity index is 3.15. The summed E-state index contributed by atoms with van der Waals surface area (Å²) in [5.41, 5.74) is 0.382. The van der Waals surface area contributed by atoms with Gasteiger partial charge in [-0.25, -0.2) is 17.9 Å². The van der Waals surface area contributed by atoms with E-state index in [0.29, 0.717) is 17.9 Å². The highest BCUT2D eigenvalue weighted by molar-refractivity contribution is 7.89. The number of aliphatic carboxylic acids is 1. The Kier molecular flexibility index (Phi) is 5.92. The summed E-state index contributed by atoms with van der Waals surface area (Å²) < 4.78 is 31.8. The van der Waals surface area contributed by atoms with Gasteiger partial charge < -0.3 is 9.84 Å². The quantitative estimate of drug-likeness (QED) is 0.748. The molecule has 1 aromatic rings. The lowest BCUT2D eigenvalue weighted by Crippen LogP contribution is -2.27. The third-order valence-electron chi connectivity index (χ3n) is 2.60. The van der Waals surface area contributed by atoms with Gasteiger partial charge in [0.15, 0.2) is 0 Å². The number of carboxylic acid groups (broad SMARTS) is 1. The maximum absolute atomic E-state index is 12.1. The molecule has 0 bridgehead atoms. The lowest BCUT2D eigenvalue weighted by atomic mass is 10.2. The van der Waals surface area contributed by atoms with E-state index in [1.54, 1.807) is 0 Å². The fourth-order valence-corrected chi connectivity index (χ4v) is 2.78. The summed E-state index contributed by atoms with van der Waals surface area (Å²) >= 11 is 0. The lowest BCUT2D eigenvalue weighted by molar-refractivity contribution is -0.131. The minimum absolute atomic E-state index is 0.0639. The summed E-state index contributed by atoms with van der Waals surface area (Å²) in [4.78, 5) is 10.6. The molecule has 1 rings (SSSR count). The molecule has 0 fully saturated rings. The fraction of sp³-hybridized carbons (Fsp3) is 0.357. The number of hydrogen-bond acceptors (Lipinski definition) is 4. The Morgan fingerprint density at radius 2 is 2.10 bits per heavy atom. The molecule has 116 valence electrons. The van der Waals surface area contributed by atoms with Gasteiger partial charge in [0.25, 0.3) is 0 Å². The molecule has 0 spiro atoms. The van der Waals surface area contributed by atoms with E-state index in [4.69, 9.17) is 9.84 Å². The molecule has 0 atom stereocenters. The summed E-state index contributed by atoms with van der Waals surface area (Å²) in [7, 11) is -2.20. The van der Waals surface area contributed by atoms with Crippen molar-refractivity contribution >= 4 is 22.1 Å². The van der Waals surface area contributed by atoms with Crippen molar-refractivity contribution in [2.24, 2.45) is 5.92 Å². The van der Waals surface area contributed by atoms with Gasteiger partial charge in [0.1, 0.15) is 5.75 Å². The number of carbonyl (C=O) groups is 1. The standard InChI is InChI=1S/C14H19NO5S/c1-10(2)9-15-21(18,19)12-5-6-13(20-3)11(8-12)4-7-14(16)17/h4-8,10,15H,9H2,1-3H3,(H,16,17). The van der Waals surface area contributed by atoms with E-state index in [2.05, 4.69) is 4.72 Å². The molecule has 2 N–H and O–H groups in total. The van der Waals surface area contributed by atoms with E-state index in [0.717, 1.165) is 6.08 Å². The van der Waals surface area contributed by atoms with Crippen molar-refractivity contribution in [3.8, 4) is 5.75 Å². The number of ether oxygens (including phenoxy) is 1. The van der Waals surface area contributed by atoms with E-state index in [1.165, 1.54) is 31.4 Å². The minimum Gasteiger partial charge on any atom is -0.496 e. The zero-order valence-corrected chi connectivity index (χ0v) is 13.0. The van der Waals surface area contributed by atoms with Crippen LogP contribution in [0.5, 0.6) is 5.75 Å². The predicted octanol–water partition coefficient (Wildman–Crippen LogP) is 1.73. The SMILES string of the molecule is COc1ccc(S(=O)(=O)NCC(C)C)cc1C=CC(=O)O. The lowest BCUT2D eigenvalue weighted by Gasteiger charge is -2.11. The predicted molar refractivity (Wildman–Crippen MR) is 79.7 cm³/mol. The van der Waals surface area contributed by atoms with Crippen LogP contribution in [0.1, 0.15) is 19.4 Å². The van der Waals surface area contributed by atoms with Gasteiger partial charge in [-0.15, -0.1) is 0 Å². The Morgan fingerprint density at radius 3 is 2.62 bits per heavy atom. The molecule has 0 radical (unpaired) electrons. The van der Waals surface area contributed by atoms with E-state index in [-0.39, 0.29) is 10.8 Å². The topological polar surface area (TPSA) is 92.7 Å². The first kappa shape index (κ1) is 17.2. The van der Waals surface area contributed by atoms with Crippen LogP contribution in [0.4, 0.5) is 0 Å². The Hall–Kier alpha value is -1.86. The van der Waals surface area contributed by atoms with Crippen LogP contribution in [0.25, 0.3) is 6.08 Å². The van der Waals surface area contributed by atoms with Crippen molar-refractivity contribution in [2.45, 2.75) is 18.7 Å². The molecule has 7 heteroatoms. The molecule has 0 aromatic heterocycles. The highest BCUT2D eigenvalue weighted by atomic mass is 32.2. The average Bonchev–Trinajstić information content (AvgIpc) is 2.42. The van der Waals surface area contributed by atoms with Crippen molar-refractivity contribution in [1.82, 2.24) is 4.72 Å². The van der Waals surface area contributed by atoms with Gasteiger partial charge in [-0.2, -0.15) is 0 Å². The second-order valence-corrected chi connectivity index (χ2v) is 6.59. The molecule has 0 saturated heterocycles. The van der Waals surface area contributed by atoms with Crippen LogP contribution in [-0.4, -0.2) is 33.1 Å². The number of methoxy groups -OCH3 is 1. The van der Waals surface area contributed by atoms with Gasteiger partial charge >= 0.3 is 5.97 Å². The van der Waals surface area contributed by atoms with Crippen LogP contribution < -0.4 is 9.46 Å². The first-order valence-corrected chi connectivity index (χ1v) is 7.83. The van der Waals surface area contributed by atoms with Crippen LogP contribution in [0.2, 0.25) is 0 Å². The largest absolute Gasteiger partial charge is 0.496 e. The maximum atomic E-state index is 12.1. The first-order chi connectivity index (χ1) is 9.76. The van der Waals surface area contributed by atoms with E-state index < -0.39 is 16.0 Å². The monoisotopic (exact) mass is 313 g/mol. The van der Waals surface area contributed by atoms with E-state index in [1.807, 2.05) is 13.8 Å². The molecule has 0 unspecified atom stereocenters. The smallest absolute Gasteiger partial charge is 0.328 e. The molecule has 0 aliphatic carbocycles. The van der Waals surface area contributed by atoms with Crippen molar-refractivity contribution in [3.63, 3.8) is 0 Å². The Morgan fingerprint density at radius 1 is 1.43 bits per heavy atom. The molecule has 6 nitrogen and oxygen atoms in total. The average molecular weight is 313 g/mol. The number of carboxylic acids is 1. The van der Waals surface area contributed by atoms with Crippen molar-refractivity contribution in [1.29, 1.82) is 0 Å². The summed E-state index contributed by atoms with van der Waals surface area (Å²) in [5.74, 6) is -0.539. The van der Waals surface area contributed by atoms with Gasteiger partial charge in [-0.1, -0.05) is 13.8 Å². The summed E-state index contributed by atoms with van der Waals surface area (Å²) in [6.07, 6.45) is 2.22. The fourth-order valence-electron chi connectivity index (χ4n) is 1.53. The van der Waals surface area contributed by atoms with Gasteiger partial charge in [0, 0.05) is 18.2 Å². The molecule has 1 aromatic carbocycles. The van der Waals surface area contributed by atoms with Crippen LogP contribution in [0.15, 0.2) is 29.2 Å². The van der Waals surface area contributed by atoms with Crippen LogP contribution >= 0.6 is 0 Å². The van der Waals surface area contributed by atoms with E-state index >= 15 is 0 Å². The summed E-state index contributed by atoms with van der Waals surface area (Å²) in [5, 5.41) is 8.65. The van der Waals surface area contributed by atoms with Crippen LogP contribution in [0.3, 0.4) is 0 Å². The third kappa shape index (κ3) is 5.20. The van der Waals surface area contributed by atoms with Crippen LogP contribution in [-0.2, 0) is 14.8 Å². The molecule has 0 amide bonds. The van der Waals surface area contributed by atoms with Gasteiger partial charge in [0.05, 0.1) is 12.0 Å². The maximum Gasteiger partial charge on any atom is 0.328 e. The zero-order valence-electron chi connectivity index (χ0n) is 12.2. The second kappa shape index (κ2) is 7.24. The van der Waals surface area contributed by atoms with Gasteiger partial charge in [-0.05, 0) is 30.2 Å². The third-order valence-corrected chi connectivity index (χ3v) is 4.02. The molecular formula is C14H19NO5S. The van der Waals surface area contributed by atoms with Crippen LogP contribution in [0, 0.1) is 5.92 Å². The summed E-state index contributed by atoms with van der Waals surface area (Å²) in [6, 6.07) is 4.28. The van der Waals surface area contributed by atoms with Crippen molar-refractivity contribution in [3.05, 3.63) is 29.8 Å². The molecule has 0 heterocycles. The number of nitrogens with one attached hydrogen (secondary N) is 1. The Bertz CT molecular complexity index is 635. The summed E-state index contributed by atoms with van der Waals surface area (Å²) in [6.45, 7) is 4.13. The highest BCUT2D eigenvalue weighted by Gasteiger charge is 2.16. The molecular weight excluding hydrogens is 294 g/mol. The second-order valence-electron chi connectivity index (χ2n) is 4.82. The molecule has 0 saturated carbocycles. The molecule has 21 heavy (non-hydrogen) atoms. The van der Waals surface area contributed by atoms with Gasteiger partial charge in [0.2, 0.25) is 10.0 Å². The van der Waals surface area contributed by atoms with E-state index in [9.17, 15) is 13.2 Å². The zero-order chi connectivity index (χ0) is 16.0. The number of sulfonamides is 1. The number of benzene rings is 1. The van der Waals surface area contributed by atoms with Crippen molar-refractivity contribution < 1.29 is 23.1 Å². The number of rotatable bonds is 7. The normalized spacial score (nSPS) is 12.0. The Labute approximate surface area is 124 Å². The molecule has 0 aliphatic heterocycles. The van der Waals surface area contributed by atoms with Crippen molar-refractivity contribution in [2.75, 3.05) is 13.7 Å². The first-order valence-electron chi connectivity index (χ1n) is 6.35. The van der Waals surface area contributed by atoms with Gasteiger partial charge in [-0.3, -0.25) is 0 Å². The number of hydrogen-bond donors (Lipinski definition) is 2.